The molecular weight excluding hydrogens is 182 g/mol. The molecule has 2 rings (SSSR count). The zero-order valence-corrected chi connectivity index (χ0v) is 7.58. The summed E-state index contributed by atoms with van der Waals surface area (Å²) in [7, 11) is 0. The summed E-state index contributed by atoms with van der Waals surface area (Å²) in [4.78, 5) is 0. The highest BCUT2D eigenvalue weighted by atomic mass is 19.3. The molecule has 0 aliphatic heterocycles. The van der Waals surface area contributed by atoms with Gasteiger partial charge in [0.05, 0.1) is 0 Å². The van der Waals surface area contributed by atoms with Gasteiger partial charge in [-0.15, -0.1) is 0 Å². The minimum Gasteiger partial charge on any atom is -0.202 e. The van der Waals surface area contributed by atoms with Gasteiger partial charge in [-0.2, -0.15) is 0 Å². The van der Waals surface area contributed by atoms with E-state index in [2.05, 4.69) is 0 Å². The number of benzene rings is 1. The van der Waals surface area contributed by atoms with Crippen LogP contribution in [0.5, 0.6) is 0 Å². The van der Waals surface area contributed by atoms with Gasteiger partial charge in [0.25, 0.3) is 5.92 Å². The van der Waals surface area contributed by atoms with Gasteiger partial charge >= 0.3 is 0 Å². The molecule has 0 saturated carbocycles. The Morgan fingerprint density at radius 3 is 2.43 bits per heavy atom. The van der Waals surface area contributed by atoms with Crippen LogP contribution in [-0.2, 0) is 0 Å². The van der Waals surface area contributed by atoms with Gasteiger partial charge in [0, 0.05) is 6.42 Å². The minimum absolute atomic E-state index is 0.201. The first kappa shape index (κ1) is 9.13. The average Bonchev–Trinajstić information content (AvgIpc) is 2.18. The van der Waals surface area contributed by atoms with E-state index in [0.29, 0.717) is 5.57 Å². The van der Waals surface area contributed by atoms with Crippen molar-refractivity contribution in [3.63, 3.8) is 0 Å². The minimum atomic E-state index is -2.69. The van der Waals surface area contributed by atoms with E-state index >= 15 is 0 Å². The molecule has 1 aliphatic rings. The Labute approximate surface area is 81.6 Å². The molecule has 0 atom stereocenters. The highest BCUT2D eigenvalue weighted by Crippen LogP contribution is 2.33. The molecule has 0 N–H and O–H groups in total. The summed E-state index contributed by atoms with van der Waals surface area (Å²) < 4.78 is 26.0. The van der Waals surface area contributed by atoms with Crippen LogP contribution in [0, 0.1) is 0 Å². The van der Waals surface area contributed by atoms with E-state index < -0.39 is 5.92 Å². The van der Waals surface area contributed by atoms with E-state index in [1.807, 2.05) is 30.3 Å². The standard InChI is InChI=1S/C12H10F2/c13-12(14)8-4-7-11(9-12)10-5-2-1-3-6-10/h1-8H,9H2. The van der Waals surface area contributed by atoms with Crippen molar-refractivity contribution in [1.29, 1.82) is 0 Å². The van der Waals surface area contributed by atoms with Crippen molar-refractivity contribution in [3.05, 3.63) is 54.1 Å². The van der Waals surface area contributed by atoms with Crippen molar-refractivity contribution < 1.29 is 8.78 Å². The Balaban J connectivity index is 2.30. The Morgan fingerprint density at radius 1 is 1.07 bits per heavy atom. The fraction of sp³-hybridized carbons (Fsp3) is 0.167. The molecule has 0 heterocycles. The van der Waals surface area contributed by atoms with Gasteiger partial charge in [0.2, 0.25) is 0 Å². The van der Waals surface area contributed by atoms with Crippen LogP contribution in [0.15, 0.2) is 48.6 Å². The summed E-state index contributed by atoms with van der Waals surface area (Å²) in [5, 5.41) is 0. The molecule has 0 amide bonds. The number of hydrogen-bond donors (Lipinski definition) is 0. The summed E-state index contributed by atoms with van der Waals surface area (Å²) in [6.07, 6.45) is 3.91. The van der Waals surface area contributed by atoms with Crippen LogP contribution in [0.3, 0.4) is 0 Å². The maximum absolute atomic E-state index is 13.0. The summed E-state index contributed by atoms with van der Waals surface area (Å²) in [6.45, 7) is 0. The number of halogens is 2. The molecule has 0 nitrogen and oxygen atoms in total. The SMILES string of the molecule is FC1(F)C=CC=C(c2ccccc2)C1. The molecule has 1 aliphatic carbocycles. The van der Waals surface area contributed by atoms with Crippen LogP contribution in [0.25, 0.3) is 5.57 Å². The number of alkyl halides is 2. The third-order valence-corrected chi connectivity index (χ3v) is 2.21. The van der Waals surface area contributed by atoms with E-state index in [1.165, 1.54) is 6.08 Å². The molecule has 2 heteroatoms. The second-order valence-electron chi connectivity index (χ2n) is 3.35. The van der Waals surface area contributed by atoms with Crippen LogP contribution in [-0.4, -0.2) is 5.92 Å². The predicted molar refractivity (Wildman–Crippen MR) is 53.1 cm³/mol. The van der Waals surface area contributed by atoms with E-state index in [-0.39, 0.29) is 6.42 Å². The Morgan fingerprint density at radius 2 is 1.79 bits per heavy atom. The van der Waals surface area contributed by atoms with E-state index in [9.17, 15) is 8.78 Å². The monoisotopic (exact) mass is 192 g/mol. The molecule has 1 aromatic carbocycles. The van der Waals surface area contributed by atoms with Gasteiger partial charge in [0.15, 0.2) is 0 Å². The third-order valence-electron chi connectivity index (χ3n) is 2.21. The summed E-state index contributed by atoms with van der Waals surface area (Å²) in [5.74, 6) is -2.69. The lowest BCUT2D eigenvalue weighted by molar-refractivity contribution is 0.0603. The lowest BCUT2D eigenvalue weighted by Crippen LogP contribution is -2.14. The highest BCUT2D eigenvalue weighted by Gasteiger charge is 2.28. The Kier molecular flexibility index (Phi) is 2.20. The molecule has 0 radical (unpaired) electrons. The van der Waals surface area contributed by atoms with E-state index in [0.717, 1.165) is 11.6 Å². The topological polar surface area (TPSA) is 0 Å². The normalized spacial score (nSPS) is 19.1. The van der Waals surface area contributed by atoms with Crippen LogP contribution < -0.4 is 0 Å². The molecule has 0 aromatic heterocycles. The highest BCUT2D eigenvalue weighted by molar-refractivity contribution is 5.69. The first-order chi connectivity index (χ1) is 6.67. The second kappa shape index (κ2) is 3.37. The van der Waals surface area contributed by atoms with Crippen LogP contribution >= 0.6 is 0 Å². The number of rotatable bonds is 1. The molecule has 0 saturated heterocycles. The van der Waals surface area contributed by atoms with Gasteiger partial charge in [-0.05, 0) is 17.2 Å². The maximum Gasteiger partial charge on any atom is 0.270 e. The smallest absolute Gasteiger partial charge is 0.202 e. The maximum atomic E-state index is 13.0. The summed E-state index contributed by atoms with van der Waals surface area (Å²) in [6, 6.07) is 9.28. The van der Waals surface area contributed by atoms with Crippen molar-refractivity contribution in [2.45, 2.75) is 12.3 Å². The molecule has 0 spiro atoms. The van der Waals surface area contributed by atoms with Gasteiger partial charge in [-0.3, -0.25) is 0 Å². The van der Waals surface area contributed by atoms with Crippen molar-refractivity contribution in [2.24, 2.45) is 0 Å². The van der Waals surface area contributed by atoms with Gasteiger partial charge in [-0.25, -0.2) is 8.78 Å². The molecule has 72 valence electrons. The van der Waals surface area contributed by atoms with Crippen molar-refractivity contribution in [1.82, 2.24) is 0 Å². The first-order valence-corrected chi connectivity index (χ1v) is 4.49. The molecule has 14 heavy (non-hydrogen) atoms. The van der Waals surface area contributed by atoms with Gasteiger partial charge in [0.1, 0.15) is 0 Å². The predicted octanol–water partition coefficient (Wildman–Crippen LogP) is 3.67. The lowest BCUT2D eigenvalue weighted by atomic mass is 9.95. The number of allylic oxidation sites excluding steroid dienone is 4. The van der Waals surface area contributed by atoms with E-state index in [4.69, 9.17) is 0 Å². The molecular formula is C12H10F2. The van der Waals surface area contributed by atoms with E-state index in [1.54, 1.807) is 6.08 Å². The zero-order valence-electron chi connectivity index (χ0n) is 7.58. The summed E-state index contributed by atoms with van der Waals surface area (Å²) in [5.41, 5.74) is 1.56. The third kappa shape index (κ3) is 1.90. The molecule has 0 fully saturated rings. The van der Waals surface area contributed by atoms with Crippen LogP contribution in [0.4, 0.5) is 8.78 Å². The summed E-state index contributed by atoms with van der Waals surface area (Å²) >= 11 is 0. The van der Waals surface area contributed by atoms with Crippen LogP contribution in [0.2, 0.25) is 0 Å². The van der Waals surface area contributed by atoms with Crippen molar-refractivity contribution in [3.8, 4) is 0 Å². The van der Waals surface area contributed by atoms with Crippen molar-refractivity contribution >= 4 is 5.57 Å². The molecule has 0 unspecified atom stereocenters. The lowest BCUT2D eigenvalue weighted by Gasteiger charge is -2.17. The Hall–Kier alpha value is -1.44. The fourth-order valence-corrected chi connectivity index (χ4v) is 1.53. The Bertz CT molecular complexity index is 375. The molecule has 0 bridgehead atoms. The van der Waals surface area contributed by atoms with Crippen molar-refractivity contribution in [2.75, 3.05) is 0 Å². The fourth-order valence-electron chi connectivity index (χ4n) is 1.53. The largest absolute Gasteiger partial charge is 0.270 e. The molecule has 1 aromatic rings. The first-order valence-electron chi connectivity index (χ1n) is 4.49. The number of hydrogen-bond acceptors (Lipinski definition) is 0. The van der Waals surface area contributed by atoms with Gasteiger partial charge in [-0.1, -0.05) is 42.5 Å². The zero-order chi connectivity index (χ0) is 10.0. The quantitative estimate of drug-likeness (QED) is 0.636. The average molecular weight is 192 g/mol. The van der Waals surface area contributed by atoms with Gasteiger partial charge < -0.3 is 0 Å². The van der Waals surface area contributed by atoms with Crippen LogP contribution in [0.1, 0.15) is 12.0 Å². The second-order valence-corrected chi connectivity index (χ2v) is 3.35.